The Hall–Kier alpha value is -3.29. The molecule has 7 nitrogen and oxygen atoms in total. The Kier molecular flexibility index (Phi) is 7.25. The number of allylic oxidation sites excluding steroid dienone is 3. The predicted molar refractivity (Wildman–Crippen MR) is 150 cm³/mol. The first-order chi connectivity index (χ1) is 18.6. The van der Waals surface area contributed by atoms with Crippen molar-refractivity contribution >= 4 is 28.9 Å². The van der Waals surface area contributed by atoms with Crippen LogP contribution in [0.1, 0.15) is 46.1 Å². The summed E-state index contributed by atoms with van der Waals surface area (Å²) >= 11 is 0. The lowest BCUT2D eigenvalue weighted by molar-refractivity contribution is -0.128. The maximum Gasteiger partial charge on any atom is 0.207 e. The van der Waals surface area contributed by atoms with Crippen LogP contribution in [0.15, 0.2) is 66.4 Å². The Morgan fingerprint density at radius 3 is 2.72 bits per heavy atom. The standard InChI is InChI=1S/C32H38N2O5/c1-19-8-7-10-23-28(25(36)12-13-26(37)29(38)20(2)14-19)31(3,17-32(4)30(23)39-32)27(34-18-35)15-21-16-33-24-11-6-5-9-22(21)24/h5-7,9-14,16,18-19,23,27-30,33,38H,8,15,17H2,1-4H3,(H,34,35)/b10-7+,13-12+,20-14?/t19?,23?,27-,28-,29+,30-,31-,32+/m0/s1. The van der Waals surface area contributed by atoms with Crippen LogP contribution in [0, 0.1) is 23.2 Å². The van der Waals surface area contributed by atoms with Crippen LogP contribution < -0.4 is 5.32 Å². The van der Waals surface area contributed by atoms with E-state index in [0.717, 1.165) is 16.5 Å². The second-order valence-electron chi connectivity index (χ2n) is 12.1. The molecule has 2 unspecified atom stereocenters. The van der Waals surface area contributed by atoms with Gasteiger partial charge in [-0.3, -0.25) is 14.4 Å². The molecule has 39 heavy (non-hydrogen) atoms. The normalized spacial score (nSPS) is 37.3. The topological polar surface area (TPSA) is 112 Å². The number of hydrogen-bond donors (Lipinski definition) is 3. The van der Waals surface area contributed by atoms with Gasteiger partial charge in [-0.15, -0.1) is 0 Å². The smallest absolute Gasteiger partial charge is 0.207 e. The molecule has 1 aromatic carbocycles. The summed E-state index contributed by atoms with van der Waals surface area (Å²) < 4.78 is 6.27. The molecule has 1 saturated heterocycles. The van der Waals surface area contributed by atoms with Gasteiger partial charge in [-0.1, -0.05) is 50.3 Å². The monoisotopic (exact) mass is 530 g/mol. The van der Waals surface area contributed by atoms with E-state index < -0.39 is 28.8 Å². The number of H-pyrrole nitrogens is 1. The average Bonchev–Trinajstić information content (AvgIpc) is 3.40. The van der Waals surface area contributed by atoms with Gasteiger partial charge in [-0.2, -0.15) is 0 Å². The summed E-state index contributed by atoms with van der Waals surface area (Å²) in [6.07, 6.45) is 11.7. The highest BCUT2D eigenvalue weighted by atomic mass is 16.6. The second kappa shape index (κ2) is 10.4. The summed E-state index contributed by atoms with van der Waals surface area (Å²) in [6, 6.07) is 7.66. The Bertz CT molecular complexity index is 1370. The van der Waals surface area contributed by atoms with Crippen molar-refractivity contribution in [2.24, 2.45) is 23.2 Å². The molecule has 3 aliphatic rings. The number of nitrogens with one attached hydrogen (secondary N) is 2. The van der Waals surface area contributed by atoms with Gasteiger partial charge in [0.15, 0.2) is 11.6 Å². The SMILES string of the molecule is CC1=CC(C)C/C=C/C2[C@@H](C(=O)/C=C/C(=O)[C@@H]1O)[C@](C)([C@H](Cc1c[nH]c3ccccc13)NC=O)C[C@@]1(C)O[C@@H]21. The van der Waals surface area contributed by atoms with Gasteiger partial charge in [-0.05, 0) is 68.4 Å². The van der Waals surface area contributed by atoms with Crippen LogP contribution in [0.5, 0.6) is 0 Å². The van der Waals surface area contributed by atoms with Gasteiger partial charge < -0.3 is 20.1 Å². The van der Waals surface area contributed by atoms with E-state index in [-0.39, 0.29) is 29.8 Å². The Labute approximate surface area is 229 Å². The molecule has 1 amide bonds. The van der Waals surface area contributed by atoms with Gasteiger partial charge in [0, 0.05) is 40.4 Å². The van der Waals surface area contributed by atoms with Crippen LogP contribution in [0.2, 0.25) is 0 Å². The molecule has 8 atom stereocenters. The van der Waals surface area contributed by atoms with E-state index in [4.69, 9.17) is 4.74 Å². The zero-order chi connectivity index (χ0) is 27.9. The van der Waals surface area contributed by atoms with E-state index in [9.17, 15) is 19.5 Å². The summed E-state index contributed by atoms with van der Waals surface area (Å²) in [4.78, 5) is 42.0. The van der Waals surface area contributed by atoms with Crippen molar-refractivity contribution in [3.63, 3.8) is 0 Å². The minimum atomic E-state index is -1.28. The minimum Gasteiger partial charge on any atom is -0.381 e. The molecule has 1 saturated carbocycles. The number of aliphatic hydroxyl groups excluding tert-OH is 1. The summed E-state index contributed by atoms with van der Waals surface area (Å²) in [5, 5.41) is 14.7. The Morgan fingerprint density at radius 1 is 1.21 bits per heavy atom. The third kappa shape index (κ3) is 5.06. The third-order valence-electron chi connectivity index (χ3n) is 9.11. The first-order valence-electron chi connectivity index (χ1n) is 13.8. The number of benzene rings is 1. The van der Waals surface area contributed by atoms with Crippen LogP contribution >= 0.6 is 0 Å². The van der Waals surface area contributed by atoms with Crippen LogP contribution in [0.4, 0.5) is 0 Å². The highest BCUT2D eigenvalue weighted by molar-refractivity contribution is 6.02. The number of amides is 1. The lowest BCUT2D eigenvalue weighted by Gasteiger charge is -2.48. The van der Waals surface area contributed by atoms with E-state index in [1.807, 2.05) is 37.4 Å². The number of hydrogen-bond acceptors (Lipinski definition) is 5. The summed E-state index contributed by atoms with van der Waals surface area (Å²) in [5.74, 6) is -1.36. The molecule has 5 rings (SSSR count). The Morgan fingerprint density at radius 2 is 1.95 bits per heavy atom. The zero-order valence-electron chi connectivity index (χ0n) is 23.0. The van der Waals surface area contributed by atoms with E-state index in [1.165, 1.54) is 12.2 Å². The maximum atomic E-state index is 14.0. The highest BCUT2D eigenvalue weighted by Gasteiger charge is 2.68. The van der Waals surface area contributed by atoms with Crippen LogP contribution in [-0.4, -0.2) is 51.9 Å². The average molecular weight is 531 g/mol. The highest BCUT2D eigenvalue weighted by Crippen LogP contribution is 2.61. The fourth-order valence-corrected chi connectivity index (χ4v) is 7.16. The number of ether oxygens (including phenoxy) is 1. The van der Waals surface area contributed by atoms with Crippen molar-refractivity contribution in [2.75, 3.05) is 0 Å². The van der Waals surface area contributed by atoms with Gasteiger partial charge in [0.1, 0.15) is 6.10 Å². The number of para-hydroxylation sites is 1. The first kappa shape index (κ1) is 27.3. The van der Waals surface area contributed by atoms with Crippen LogP contribution in [-0.2, 0) is 25.5 Å². The van der Waals surface area contributed by atoms with Crippen molar-refractivity contribution in [1.29, 1.82) is 0 Å². The fraction of sp³-hybridized carbons (Fsp3) is 0.469. The summed E-state index contributed by atoms with van der Waals surface area (Å²) in [6.45, 7) is 7.92. The number of rotatable bonds is 5. The summed E-state index contributed by atoms with van der Waals surface area (Å²) in [5.41, 5.74) is 1.56. The van der Waals surface area contributed by atoms with Crippen LogP contribution in [0.25, 0.3) is 10.9 Å². The molecule has 2 fully saturated rings. The van der Waals surface area contributed by atoms with Gasteiger partial charge in [0.25, 0.3) is 0 Å². The van der Waals surface area contributed by atoms with Gasteiger partial charge in [0.2, 0.25) is 6.41 Å². The number of carbonyl (C=O) groups excluding carboxylic acids is 3. The van der Waals surface area contributed by atoms with Crippen LogP contribution in [0.3, 0.4) is 0 Å². The maximum absolute atomic E-state index is 14.0. The van der Waals surface area contributed by atoms with Crippen molar-refractivity contribution in [2.45, 2.75) is 70.8 Å². The van der Waals surface area contributed by atoms with E-state index in [0.29, 0.717) is 31.2 Å². The van der Waals surface area contributed by atoms with Gasteiger partial charge >= 0.3 is 0 Å². The molecule has 2 aliphatic carbocycles. The Balaban J connectivity index is 1.58. The second-order valence-corrected chi connectivity index (χ2v) is 12.1. The van der Waals surface area contributed by atoms with Crippen molar-refractivity contribution < 1.29 is 24.2 Å². The molecular formula is C32H38N2O5. The zero-order valence-corrected chi connectivity index (χ0v) is 23.0. The van der Waals surface area contributed by atoms with E-state index >= 15 is 0 Å². The molecule has 0 radical (unpaired) electrons. The van der Waals surface area contributed by atoms with E-state index in [1.54, 1.807) is 6.92 Å². The molecule has 1 aliphatic heterocycles. The molecule has 2 aromatic rings. The molecule has 206 valence electrons. The molecular weight excluding hydrogens is 492 g/mol. The number of aromatic amines is 1. The van der Waals surface area contributed by atoms with Gasteiger partial charge in [0.05, 0.1) is 11.7 Å². The summed E-state index contributed by atoms with van der Waals surface area (Å²) in [7, 11) is 0. The van der Waals surface area contributed by atoms with Gasteiger partial charge in [-0.25, -0.2) is 0 Å². The minimum absolute atomic E-state index is 0.107. The number of epoxide rings is 1. The number of aromatic nitrogens is 1. The molecule has 7 heteroatoms. The lowest BCUT2D eigenvalue weighted by atomic mass is 9.54. The fourth-order valence-electron chi connectivity index (χ4n) is 7.16. The largest absolute Gasteiger partial charge is 0.381 e. The predicted octanol–water partition coefficient (Wildman–Crippen LogP) is 4.22. The quantitative estimate of drug-likeness (QED) is 0.304. The van der Waals surface area contributed by atoms with Crippen molar-refractivity contribution in [3.8, 4) is 0 Å². The lowest BCUT2D eigenvalue weighted by Crippen LogP contribution is -2.57. The number of fused-ring (bicyclic) bond motifs is 4. The number of ketones is 2. The third-order valence-corrected chi connectivity index (χ3v) is 9.11. The number of aliphatic hydroxyl groups is 1. The molecule has 0 spiro atoms. The molecule has 2 heterocycles. The molecule has 1 aromatic heterocycles. The van der Waals surface area contributed by atoms with Crippen molar-refractivity contribution in [3.05, 3.63) is 72.0 Å². The number of carbonyl (C=O) groups is 3. The van der Waals surface area contributed by atoms with E-state index in [2.05, 4.69) is 42.4 Å². The molecule has 0 bridgehead atoms. The van der Waals surface area contributed by atoms with Crippen molar-refractivity contribution in [1.82, 2.24) is 10.3 Å². The molecule has 3 N–H and O–H groups in total. The first-order valence-corrected chi connectivity index (χ1v) is 13.8.